The van der Waals surface area contributed by atoms with Crippen molar-refractivity contribution in [2.45, 2.75) is 38.0 Å². The number of carbonyl (C=O) groups is 1. The van der Waals surface area contributed by atoms with Crippen LogP contribution in [0, 0.1) is 11.8 Å². The Morgan fingerprint density at radius 2 is 2.23 bits per heavy atom. The van der Waals surface area contributed by atoms with Gasteiger partial charge in [-0.05, 0) is 37.0 Å². The van der Waals surface area contributed by atoms with Crippen LogP contribution in [0.25, 0.3) is 10.9 Å². The van der Waals surface area contributed by atoms with Crippen molar-refractivity contribution in [1.82, 2.24) is 9.88 Å². The Bertz CT molecular complexity index is 900. The lowest BCUT2D eigenvalue weighted by atomic mass is 9.74. The molecule has 3 aliphatic heterocycles. The van der Waals surface area contributed by atoms with Crippen molar-refractivity contribution in [3.05, 3.63) is 47.9 Å². The number of nitrogens with one attached hydrogen (secondary N) is 1. The maximum atomic E-state index is 12.6. The maximum Gasteiger partial charge on any atom is 0.323 e. The monoisotopic (exact) mass is 358 g/mol. The summed E-state index contributed by atoms with van der Waals surface area (Å²) < 4.78 is 10.9. The molecule has 3 aliphatic rings. The molecule has 0 spiro atoms. The highest BCUT2D eigenvalue weighted by atomic mass is 16.5. The minimum atomic E-state index is -0.226. The van der Waals surface area contributed by atoms with Gasteiger partial charge in [-0.15, -0.1) is 0 Å². The van der Waals surface area contributed by atoms with Gasteiger partial charge < -0.3 is 14.5 Å². The zero-order valence-corrected chi connectivity index (χ0v) is 15.1. The standard InChI is InChI=1S/C21H24N2O3.3H2/c1-12-16-11-23-18(9-13(16)7-8-26-12)20-15(10-19(23)21(24)25-2)14-5-3-4-6-17(14)22-20;;;/h3-8,12-13,16,18-19,22H,9-11H2,1-2H3;3*1H/t12-,13?,16?,18?,19-;;;/m0.../s1. The minimum Gasteiger partial charge on any atom is -0.498 e. The summed E-state index contributed by atoms with van der Waals surface area (Å²) in [6.07, 6.45) is 5.93. The number of esters is 1. The lowest BCUT2D eigenvalue weighted by Crippen LogP contribution is -2.56. The number of nitrogens with zero attached hydrogens (tertiary/aromatic N) is 1. The molecule has 5 atom stereocenters. The zero-order chi connectivity index (χ0) is 17.8. The van der Waals surface area contributed by atoms with Gasteiger partial charge in [-0.1, -0.05) is 18.2 Å². The molecule has 1 saturated heterocycles. The van der Waals surface area contributed by atoms with Gasteiger partial charge in [0.1, 0.15) is 6.04 Å². The third-order valence-corrected chi connectivity index (χ3v) is 6.54. The van der Waals surface area contributed by atoms with Crippen molar-refractivity contribution in [3.8, 4) is 0 Å². The number of hydrogen-bond donors (Lipinski definition) is 1. The highest BCUT2D eigenvalue weighted by molar-refractivity contribution is 5.87. The molecule has 26 heavy (non-hydrogen) atoms. The van der Waals surface area contributed by atoms with E-state index in [9.17, 15) is 4.79 Å². The number of aromatic nitrogens is 1. The van der Waals surface area contributed by atoms with Crippen LogP contribution in [0.4, 0.5) is 0 Å². The average molecular weight is 358 g/mol. The molecule has 5 rings (SSSR count). The summed E-state index contributed by atoms with van der Waals surface area (Å²) in [5.74, 6) is 0.759. The van der Waals surface area contributed by atoms with Crippen molar-refractivity contribution in [1.29, 1.82) is 0 Å². The Morgan fingerprint density at radius 1 is 1.38 bits per heavy atom. The topological polar surface area (TPSA) is 54.6 Å². The molecular weight excluding hydrogens is 328 g/mol. The maximum absolute atomic E-state index is 12.6. The SMILES string of the molecule is COC(=O)[C@@H]1Cc2c([nH]c3ccccc23)C2CC3C=CO[C@@H](C)C3CN21.[HH].[HH].[HH]. The molecule has 0 bridgehead atoms. The van der Waals surface area contributed by atoms with Gasteiger partial charge in [0, 0.05) is 39.8 Å². The van der Waals surface area contributed by atoms with Gasteiger partial charge in [-0.3, -0.25) is 9.69 Å². The number of allylic oxidation sites excluding steroid dienone is 1. The van der Waals surface area contributed by atoms with E-state index in [0.717, 1.165) is 18.5 Å². The van der Waals surface area contributed by atoms with Crippen LogP contribution in [0.5, 0.6) is 0 Å². The summed E-state index contributed by atoms with van der Waals surface area (Å²) >= 11 is 0. The number of hydrogen-bond acceptors (Lipinski definition) is 4. The number of fused-ring (bicyclic) bond motifs is 6. The summed E-state index contributed by atoms with van der Waals surface area (Å²) in [7, 11) is 1.49. The number of piperidine rings is 1. The molecular formula is C21H30N2O3. The molecule has 0 saturated carbocycles. The van der Waals surface area contributed by atoms with Crippen LogP contribution in [-0.4, -0.2) is 41.7 Å². The van der Waals surface area contributed by atoms with Gasteiger partial charge in [0.05, 0.1) is 25.5 Å². The van der Waals surface area contributed by atoms with E-state index in [-0.39, 0.29) is 28.4 Å². The summed E-state index contributed by atoms with van der Waals surface area (Å²) in [6.45, 7) is 2.99. The van der Waals surface area contributed by atoms with Crippen LogP contribution in [0.1, 0.15) is 34.9 Å². The number of ether oxygens (including phenoxy) is 2. The highest BCUT2D eigenvalue weighted by Crippen LogP contribution is 2.47. The number of rotatable bonds is 1. The Morgan fingerprint density at radius 3 is 3.08 bits per heavy atom. The van der Waals surface area contributed by atoms with Gasteiger partial charge in [0.25, 0.3) is 0 Å². The predicted octanol–water partition coefficient (Wildman–Crippen LogP) is 3.92. The van der Waals surface area contributed by atoms with E-state index in [1.54, 1.807) is 0 Å². The second-order valence-corrected chi connectivity index (χ2v) is 7.75. The van der Waals surface area contributed by atoms with Gasteiger partial charge in [-0.25, -0.2) is 0 Å². The third kappa shape index (κ3) is 2.23. The average Bonchev–Trinajstić information content (AvgIpc) is 3.05. The molecule has 142 valence electrons. The lowest BCUT2D eigenvalue weighted by Gasteiger charge is -2.50. The van der Waals surface area contributed by atoms with E-state index in [1.165, 1.54) is 23.8 Å². The molecule has 0 amide bonds. The molecule has 2 aromatic rings. The number of para-hydroxylation sites is 1. The number of H-pyrrole nitrogens is 1. The Kier molecular flexibility index (Phi) is 3.60. The predicted molar refractivity (Wildman–Crippen MR) is 105 cm³/mol. The van der Waals surface area contributed by atoms with E-state index in [0.29, 0.717) is 18.3 Å². The quantitative estimate of drug-likeness (QED) is 0.785. The number of benzene rings is 1. The Balaban J connectivity index is 0.000001000. The van der Waals surface area contributed by atoms with E-state index >= 15 is 0 Å². The van der Waals surface area contributed by atoms with E-state index in [4.69, 9.17) is 9.47 Å². The van der Waals surface area contributed by atoms with Crippen molar-refractivity contribution in [2.75, 3.05) is 13.7 Å². The van der Waals surface area contributed by atoms with Crippen molar-refractivity contribution in [2.24, 2.45) is 11.8 Å². The third-order valence-electron chi connectivity index (χ3n) is 6.54. The van der Waals surface area contributed by atoms with Crippen LogP contribution in [0.2, 0.25) is 0 Å². The molecule has 5 nitrogen and oxygen atoms in total. The Labute approximate surface area is 157 Å². The number of methoxy groups -OCH3 is 1. The summed E-state index contributed by atoms with van der Waals surface area (Å²) in [4.78, 5) is 18.6. The van der Waals surface area contributed by atoms with Gasteiger partial charge >= 0.3 is 5.97 Å². The van der Waals surface area contributed by atoms with Crippen molar-refractivity contribution in [3.63, 3.8) is 0 Å². The second-order valence-electron chi connectivity index (χ2n) is 7.75. The normalized spacial score (nSPS) is 33.1. The first kappa shape index (κ1) is 15.9. The number of aromatic amines is 1. The molecule has 3 unspecified atom stereocenters. The number of carbonyl (C=O) groups excluding carboxylic acids is 1. The summed E-state index contributed by atoms with van der Waals surface area (Å²) in [6, 6.07) is 8.38. The van der Waals surface area contributed by atoms with Gasteiger partial charge in [-0.2, -0.15) is 0 Å². The molecule has 1 N–H and O–H groups in total. The van der Waals surface area contributed by atoms with Crippen LogP contribution in [0.15, 0.2) is 36.6 Å². The van der Waals surface area contributed by atoms with Gasteiger partial charge in [0.2, 0.25) is 0 Å². The zero-order valence-electron chi connectivity index (χ0n) is 15.1. The fourth-order valence-corrected chi connectivity index (χ4v) is 5.18. The lowest BCUT2D eigenvalue weighted by molar-refractivity contribution is -0.151. The Hall–Kier alpha value is -2.27. The molecule has 0 radical (unpaired) electrons. The smallest absolute Gasteiger partial charge is 0.323 e. The van der Waals surface area contributed by atoms with E-state index < -0.39 is 0 Å². The fraction of sp³-hybridized carbons (Fsp3) is 0.476. The summed E-state index contributed by atoms with van der Waals surface area (Å²) in [5, 5.41) is 1.23. The molecule has 1 fully saturated rings. The first-order valence-electron chi connectivity index (χ1n) is 9.42. The first-order chi connectivity index (χ1) is 12.7. The fourth-order valence-electron chi connectivity index (χ4n) is 5.18. The van der Waals surface area contributed by atoms with Gasteiger partial charge in [0.15, 0.2) is 0 Å². The molecule has 1 aromatic heterocycles. The second kappa shape index (κ2) is 5.88. The first-order valence-corrected chi connectivity index (χ1v) is 9.42. The molecule has 1 aromatic carbocycles. The van der Waals surface area contributed by atoms with Crippen LogP contribution in [-0.2, 0) is 20.7 Å². The molecule has 0 aliphatic carbocycles. The minimum absolute atomic E-state index is 0. The van der Waals surface area contributed by atoms with Crippen LogP contribution in [0.3, 0.4) is 0 Å². The summed E-state index contributed by atoms with van der Waals surface area (Å²) in [5.41, 5.74) is 3.71. The van der Waals surface area contributed by atoms with Crippen LogP contribution < -0.4 is 0 Å². The largest absolute Gasteiger partial charge is 0.498 e. The molecule has 4 heterocycles. The van der Waals surface area contributed by atoms with Crippen LogP contribution >= 0.6 is 0 Å². The van der Waals surface area contributed by atoms with E-state index in [2.05, 4.69) is 47.1 Å². The van der Waals surface area contributed by atoms with Crippen molar-refractivity contribution >= 4 is 16.9 Å². The van der Waals surface area contributed by atoms with E-state index in [1.807, 2.05) is 6.26 Å². The van der Waals surface area contributed by atoms with Crippen molar-refractivity contribution < 1.29 is 18.5 Å². The molecule has 5 heteroatoms. The highest BCUT2D eigenvalue weighted by Gasteiger charge is 2.48.